The molecular weight excluding hydrogens is 243 g/mol. The van der Waals surface area contributed by atoms with Crippen molar-refractivity contribution >= 4 is 10.8 Å². The number of hydrogen-bond donors (Lipinski definition) is 2. The third-order valence-electron chi connectivity index (χ3n) is 2.99. The van der Waals surface area contributed by atoms with Crippen molar-refractivity contribution in [3.05, 3.63) is 48.0 Å². The van der Waals surface area contributed by atoms with Crippen LogP contribution in [0.5, 0.6) is 0 Å². The van der Waals surface area contributed by atoms with Crippen LogP contribution >= 0.6 is 0 Å². The van der Waals surface area contributed by atoms with E-state index in [1.165, 1.54) is 18.2 Å². The third kappa shape index (κ3) is 1.95. The second-order valence-corrected chi connectivity index (χ2v) is 4.12. The zero-order valence-electron chi connectivity index (χ0n) is 9.41. The van der Waals surface area contributed by atoms with Crippen LogP contribution < -0.4 is 5.73 Å². The average molecular weight is 255 g/mol. The number of hydrogen-bond acceptors (Lipinski definition) is 2. The van der Waals surface area contributed by atoms with Crippen LogP contribution in [0.3, 0.4) is 0 Å². The quantitative estimate of drug-likeness (QED) is 0.866. The maximum absolute atomic E-state index is 12.9. The number of benzene rings is 2. The topological polar surface area (TPSA) is 46.2 Å². The van der Waals surface area contributed by atoms with Crippen LogP contribution in [0.4, 0.5) is 13.2 Å². The van der Waals surface area contributed by atoms with Crippen molar-refractivity contribution in [1.29, 1.82) is 0 Å². The van der Waals surface area contributed by atoms with Crippen molar-refractivity contribution in [1.82, 2.24) is 0 Å². The van der Waals surface area contributed by atoms with E-state index < -0.39 is 18.3 Å². The lowest BCUT2D eigenvalue weighted by Gasteiger charge is -2.29. The Bertz CT molecular complexity index is 567. The molecule has 0 amide bonds. The number of aliphatic hydroxyl groups is 1. The van der Waals surface area contributed by atoms with Gasteiger partial charge in [-0.25, -0.2) is 0 Å². The first-order valence-corrected chi connectivity index (χ1v) is 5.37. The average Bonchev–Trinajstić information content (AvgIpc) is 2.35. The highest BCUT2D eigenvalue weighted by molar-refractivity contribution is 5.83. The number of alkyl halides is 3. The van der Waals surface area contributed by atoms with Gasteiger partial charge in [-0.05, 0) is 22.4 Å². The van der Waals surface area contributed by atoms with Gasteiger partial charge < -0.3 is 10.8 Å². The molecule has 0 aliphatic heterocycles. The van der Waals surface area contributed by atoms with E-state index in [1.54, 1.807) is 24.3 Å². The van der Waals surface area contributed by atoms with E-state index in [9.17, 15) is 18.3 Å². The van der Waals surface area contributed by atoms with Crippen molar-refractivity contribution in [2.24, 2.45) is 5.73 Å². The predicted octanol–water partition coefficient (Wildman–Crippen LogP) is 2.55. The van der Waals surface area contributed by atoms with Crippen LogP contribution in [0.2, 0.25) is 0 Å². The Morgan fingerprint density at radius 1 is 1.00 bits per heavy atom. The molecule has 0 aliphatic carbocycles. The molecule has 0 saturated carbocycles. The first-order valence-electron chi connectivity index (χ1n) is 5.37. The Labute approximate surface area is 102 Å². The SMILES string of the molecule is NCC(O)(c1ccc2ccccc2c1)C(F)(F)F. The zero-order chi connectivity index (χ0) is 13.4. The number of rotatable bonds is 2. The monoisotopic (exact) mass is 255 g/mol. The smallest absolute Gasteiger partial charge is 0.375 e. The Balaban J connectivity index is 2.59. The largest absolute Gasteiger partial charge is 0.422 e. The second-order valence-electron chi connectivity index (χ2n) is 4.12. The molecule has 0 fully saturated rings. The molecule has 5 heteroatoms. The summed E-state index contributed by atoms with van der Waals surface area (Å²) in [7, 11) is 0. The van der Waals surface area contributed by atoms with Crippen molar-refractivity contribution in [2.45, 2.75) is 11.8 Å². The Morgan fingerprint density at radius 3 is 2.17 bits per heavy atom. The van der Waals surface area contributed by atoms with Crippen LogP contribution in [0.1, 0.15) is 5.56 Å². The first-order chi connectivity index (χ1) is 8.38. The highest BCUT2D eigenvalue weighted by atomic mass is 19.4. The van der Waals surface area contributed by atoms with Gasteiger partial charge in [-0.1, -0.05) is 36.4 Å². The van der Waals surface area contributed by atoms with Gasteiger partial charge in [0.05, 0.1) is 0 Å². The predicted molar refractivity (Wildman–Crippen MR) is 63.0 cm³/mol. The van der Waals surface area contributed by atoms with Gasteiger partial charge in [0.25, 0.3) is 0 Å². The molecule has 3 N–H and O–H groups in total. The van der Waals surface area contributed by atoms with E-state index in [4.69, 9.17) is 5.73 Å². The number of fused-ring (bicyclic) bond motifs is 1. The van der Waals surface area contributed by atoms with Crippen molar-refractivity contribution in [3.8, 4) is 0 Å². The van der Waals surface area contributed by atoms with Gasteiger partial charge in [-0.3, -0.25) is 0 Å². The van der Waals surface area contributed by atoms with Gasteiger partial charge in [0.1, 0.15) is 0 Å². The molecule has 2 aromatic carbocycles. The molecule has 96 valence electrons. The minimum atomic E-state index is -4.80. The van der Waals surface area contributed by atoms with E-state index >= 15 is 0 Å². The van der Waals surface area contributed by atoms with Gasteiger partial charge in [0.2, 0.25) is 0 Å². The molecule has 0 spiro atoms. The van der Waals surface area contributed by atoms with E-state index in [2.05, 4.69) is 0 Å². The van der Waals surface area contributed by atoms with Crippen LogP contribution in [-0.4, -0.2) is 17.8 Å². The van der Waals surface area contributed by atoms with Crippen molar-refractivity contribution < 1.29 is 18.3 Å². The summed E-state index contributed by atoms with van der Waals surface area (Å²) in [4.78, 5) is 0. The molecule has 2 rings (SSSR count). The van der Waals surface area contributed by atoms with Crippen LogP contribution in [0.25, 0.3) is 10.8 Å². The molecule has 2 aromatic rings. The number of halogens is 3. The fraction of sp³-hybridized carbons (Fsp3) is 0.231. The van der Waals surface area contributed by atoms with E-state index in [1.807, 2.05) is 0 Å². The summed E-state index contributed by atoms with van der Waals surface area (Å²) in [6.07, 6.45) is -4.80. The van der Waals surface area contributed by atoms with E-state index in [-0.39, 0.29) is 5.56 Å². The summed E-state index contributed by atoms with van der Waals surface area (Å²) < 4.78 is 38.6. The van der Waals surface area contributed by atoms with Gasteiger partial charge in [0.15, 0.2) is 5.60 Å². The first kappa shape index (κ1) is 12.9. The second kappa shape index (κ2) is 4.26. The molecule has 0 bridgehead atoms. The molecule has 0 aliphatic rings. The Hall–Kier alpha value is -1.59. The molecule has 1 unspecified atom stereocenters. The van der Waals surface area contributed by atoms with Gasteiger partial charge in [-0.2, -0.15) is 13.2 Å². The van der Waals surface area contributed by atoms with E-state index in [0.29, 0.717) is 5.39 Å². The summed E-state index contributed by atoms with van der Waals surface area (Å²) in [5, 5.41) is 11.2. The fourth-order valence-electron chi connectivity index (χ4n) is 1.84. The molecule has 1 atom stereocenters. The van der Waals surface area contributed by atoms with Crippen LogP contribution in [0, 0.1) is 0 Å². The maximum Gasteiger partial charge on any atom is 0.422 e. The minimum Gasteiger partial charge on any atom is -0.375 e. The Morgan fingerprint density at radius 2 is 1.61 bits per heavy atom. The lowest BCUT2D eigenvalue weighted by molar-refractivity contribution is -0.262. The molecule has 0 radical (unpaired) electrons. The summed E-state index contributed by atoms with van der Waals surface area (Å²) in [5.41, 5.74) is 1.86. The fourth-order valence-corrected chi connectivity index (χ4v) is 1.84. The van der Waals surface area contributed by atoms with Gasteiger partial charge >= 0.3 is 6.18 Å². The minimum absolute atomic E-state index is 0.240. The molecular formula is C13H12F3NO. The van der Waals surface area contributed by atoms with Crippen molar-refractivity contribution in [3.63, 3.8) is 0 Å². The maximum atomic E-state index is 12.9. The Kier molecular flexibility index (Phi) is 3.04. The molecule has 2 nitrogen and oxygen atoms in total. The highest BCUT2D eigenvalue weighted by Crippen LogP contribution is 2.38. The van der Waals surface area contributed by atoms with Crippen LogP contribution in [0.15, 0.2) is 42.5 Å². The number of nitrogens with two attached hydrogens (primary N) is 1. The molecule has 0 heterocycles. The van der Waals surface area contributed by atoms with Gasteiger partial charge in [0, 0.05) is 6.54 Å². The van der Waals surface area contributed by atoms with Crippen LogP contribution in [-0.2, 0) is 5.60 Å². The summed E-state index contributed by atoms with van der Waals surface area (Å²) in [5.74, 6) is 0. The highest BCUT2D eigenvalue weighted by Gasteiger charge is 2.54. The molecule has 18 heavy (non-hydrogen) atoms. The lowest BCUT2D eigenvalue weighted by atomic mass is 9.91. The van der Waals surface area contributed by atoms with E-state index in [0.717, 1.165) is 5.39 Å². The van der Waals surface area contributed by atoms with Gasteiger partial charge in [-0.15, -0.1) is 0 Å². The summed E-state index contributed by atoms with van der Waals surface area (Å²) in [6.45, 7) is -0.908. The molecule has 0 aromatic heterocycles. The summed E-state index contributed by atoms with van der Waals surface area (Å²) in [6, 6.07) is 11.1. The molecule has 0 saturated heterocycles. The summed E-state index contributed by atoms with van der Waals surface area (Å²) >= 11 is 0. The lowest BCUT2D eigenvalue weighted by Crippen LogP contribution is -2.48. The van der Waals surface area contributed by atoms with Crippen molar-refractivity contribution in [2.75, 3.05) is 6.54 Å². The third-order valence-corrected chi connectivity index (χ3v) is 2.99. The zero-order valence-corrected chi connectivity index (χ0v) is 9.41. The normalized spacial score (nSPS) is 15.6. The standard InChI is InChI=1S/C13H12F3NO/c14-13(15,16)12(18,8-17)11-6-5-9-3-1-2-4-10(9)7-11/h1-7,18H,8,17H2.